The third kappa shape index (κ3) is 2.54. The third-order valence-electron chi connectivity index (χ3n) is 2.71. The molecule has 0 fully saturated rings. The number of hydrogen-bond donors (Lipinski definition) is 1. The maximum absolute atomic E-state index is 5.48. The summed E-state index contributed by atoms with van der Waals surface area (Å²) in [6.07, 6.45) is 3.46. The lowest BCUT2D eigenvalue weighted by atomic mass is 10.2. The Bertz CT molecular complexity index is 718. The van der Waals surface area contributed by atoms with Gasteiger partial charge in [0.1, 0.15) is 12.2 Å². The van der Waals surface area contributed by atoms with Gasteiger partial charge in [-0.15, -0.1) is 5.10 Å². The molecule has 102 valence electrons. The highest BCUT2D eigenvalue weighted by molar-refractivity contribution is 5.48. The second kappa shape index (κ2) is 5.17. The fourth-order valence-electron chi connectivity index (χ4n) is 1.73. The highest BCUT2D eigenvalue weighted by atomic mass is 16.5. The first kappa shape index (κ1) is 12.4. The van der Waals surface area contributed by atoms with E-state index >= 15 is 0 Å². The van der Waals surface area contributed by atoms with E-state index in [1.807, 2.05) is 19.1 Å². The molecule has 0 aliphatic carbocycles. The molecule has 20 heavy (non-hydrogen) atoms. The predicted octanol–water partition coefficient (Wildman–Crippen LogP) is 0.539. The van der Waals surface area contributed by atoms with Gasteiger partial charge in [0.05, 0.1) is 11.9 Å². The average Bonchev–Trinajstić information content (AvgIpc) is 3.08. The summed E-state index contributed by atoms with van der Waals surface area (Å²) in [5, 5.41) is 11.7. The van der Waals surface area contributed by atoms with Crippen LogP contribution in [-0.4, -0.2) is 30.1 Å². The summed E-state index contributed by atoms with van der Waals surface area (Å²) in [4.78, 5) is 8.50. The van der Waals surface area contributed by atoms with Crippen LogP contribution in [0.15, 0.2) is 29.0 Å². The smallest absolute Gasteiger partial charge is 0.248 e. The van der Waals surface area contributed by atoms with Crippen LogP contribution in [-0.2, 0) is 13.1 Å². The number of nitrogens with zero attached hydrogens (tertiary/aromatic N) is 6. The third-order valence-corrected chi connectivity index (χ3v) is 2.71. The molecule has 0 aromatic carbocycles. The first-order chi connectivity index (χ1) is 9.74. The van der Waals surface area contributed by atoms with E-state index in [4.69, 9.17) is 10.3 Å². The minimum absolute atomic E-state index is 0.349. The summed E-state index contributed by atoms with van der Waals surface area (Å²) in [5.41, 5.74) is 7.96. The quantitative estimate of drug-likeness (QED) is 0.737. The maximum Gasteiger partial charge on any atom is 0.248 e. The van der Waals surface area contributed by atoms with Crippen LogP contribution >= 0.6 is 0 Å². The van der Waals surface area contributed by atoms with E-state index in [2.05, 4.69) is 25.4 Å². The Balaban J connectivity index is 1.80. The predicted molar refractivity (Wildman–Crippen MR) is 69.3 cm³/mol. The van der Waals surface area contributed by atoms with Crippen LogP contribution in [0.2, 0.25) is 0 Å². The minimum Gasteiger partial charge on any atom is -0.337 e. The Hall–Kier alpha value is -2.61. The molecular weight excluding hydrogens is 258 g/mol. The highest BCUT2D eigenvalue weighted by Gasteiger charge is 2.11. The zero-order chi connectivity index (χ0) is 13.9. The van der Waals surface area contributed by atoms with Gasteiger partial charge in [0.15, 0.2) is 0 Å². The van der Waals surface area contributed by atoms with Gasteiger partial charge in [0.2, 0.25) is 11.7 Å². The molecule has 0 aliphatic heterocycles. The molecule has 8 heteroatoms. The van der Waals surface area contributed by atoms with E-state index in [1.54, 1.807) is 17.1 Å². The summed E-state index contributed by atoms with van der Waals surface area (Å²) in [5.74, 6) is 0.902. The summed E-state index contributed by atoms with van der Waals surface area (Å²) in [6.45, 7) is 2.68. The molecule has 3 aromatic rings. The van der Waals surface area contributed by atoms with Crippen molar-refractivity contribution in [1.82, 2.24) is 30.1 Å². The normalized spacial score (nSPS) is 10.9. The van der Waals surface area contributed by atoms with Crippen molar-refractivity contribution in [3.05, 3.63) is 41.7 Å². The van der Waals surface area contributed by atoms with Crippen LogP contribution in [0.4, 0.5) is 0 Å². The number of aryl methyl sites for hydroxylation is 1. The first-order valence-corrected chi connectivity index (χ1v) is 6.09. The molecule has 3 rings (SSSR count). The van der Waals surface area contributed by atoms with Crippen LogP contribution in [0.5, 0.6) is 0 Å². The summed E-state index contributed by atoms with van der Waals surface area (Å²) < 4.78 is 6.79. The van der Waals surface area contributed by atoms with Crippen molar-refractivity contribution < 1.29 is 4.52 Å². The van der Waals surface area contributed by atoms with Gasteiger partial charge in [-0.1, -0.05) is 10.4 Å². The zero-order valence-corrected chi connectivity index (χ0v) is 10.9. The van der Waals surface area contributed by atoms with E-state index in [0.717, 1.165) is 5.56 Å². The fraction of sp³-hybridized carbons (Fsp3) is 0.250. The Morgan fingerprint density at radius 1 is 1.40 bits per heavy atom. The number of hydrogen-bond acceptors (Lipinski definition) is 7. The molecule has 0 unspecified atom stereocenters. The minimum atomic E-state index is 0.349. The van der Waals surface area contributed by atoms with E-state index in [9.17, 15) is 0 Å². The van der Waals surface area contributed by atoms with Gasteiger partial charge in [0, 0.05) is 12.7 Å². The van der Waals surface area contributed by atoms with Crippen molar-refractivity contribution in [2.75, 3.05) is 0 Å². The molecule has 2 N–H and O–H groups in total. The summed E-state index contributed by atoms with van der Waals surface area (Å²) in [7, 11) is 0. The second-order valence-electron chi connectivity index (χ2n) is 4.34. The molecule has 0 saturated heterocycles. The molecule has 0 aliphatic rings. The van der Waals surface area contributed by atoms with Crippen LogP contribution < -0.4 is 5.73 Å². The highest BCUT2D eigenvalue weighted by Crippen LogP contribution is 2.14. The molecule has 0 radical (unpaired) electrons. The van der Waals surface area contributed by atoms with Crippen LogP contribution in [0.25, 0.3) is 11.5 Å². The molecule has 0 spiro atoms. The van der Waals surface area contributed by atoms with Crippen molar-refractivity contribution in [1.29, 1.82) is 0 Å². The van der Waals surface area contributed by atoms with Crippen LogP contribution in [0, 0.1) is 6.92 Å². The first-order valence-electron chi connectivity index (χ1n) is 6.09. The molecular formula is C12H13N7O. The SMILES string of the molecule is Cc1ccnc(-c2noc(Cn3cc(CN)nn3)n2)c1. The second-order valence-corrected chi connectivity index (χ2v) is 4.34. The molecule has 0 atom stereocenters. The largest absolute Gasteiger partial charge is 0.337 e. The fourth-order valence-corrected chi connectivity index (χ4v) is 1.73. The topological polar surface area (TPSA) is 109 Å². The lowest BCUT2D eigenvalue weighted by Crippen LogP contribution is -2.01. The Kier molecular flexibility index (Phi) is 3.21. The summed E-state index contributed by atoms with van der Waals surface area (Å²) >= 11 is 0. The Morgan fingerprint density at radius 3 is 3.05 bits per heavy atom. The van der Waals surface area contributed by atoms with Crippen LogP contribution in [0.3, 0.4) is 0 Å². The molecule has 0 bridgehead atoms. The van der Waals surface area contributed by atoms with Crippen molar-refractivity contribution in [3.63, 3.8) is 0 Å². The van der Waals surface area contributed by atoms with E-state index < -0.39 is 0 Å². The molecule has 0 amide bonds. The van der Waals surface area contributed by atoms with Gasteiger partial charge in [-0.05, 0) is 24.6 Å². The van der Waals surface area contributed by atoms with Gasteiger partial charge >= 0.3 is 0 Å². The van der Waals surface area contributed by atoms with Crippen molar-refractivity contribution in [2.45, 2.75) is 20.0 Å². The van der Waals surface area contributed by atoms with Crippen molar-refractivity contribution in [3.8, 4) is 11.5 Å². The van der Waals surface area contributed by atoms with E-state index in [1.165, 1.54) is 0 Å². The Morgan fingerprint density at radius 2 is 2.30 bits per heavy atom. The van der Waals surface area contributed by atoms with Crippen molar-refractivity contribution >= 4 is 0 Å². The van der Waals surface area contributed by atoms with Gasteiger partial charge in [0.25, 0.3) is 0 Å². The number of pyridine rings is 1. The monoisotopic (exact) mass is 271 g/mol. The molecule has 3 aromatic heterocycles. The lowest BCUT2D eigenvalue weighted by molar-refractivity contribution is 0.364. The average molecular weight is 271 g/mol. The Labute approximate surface area is 114 Å². The van der Waals surface area contributed by atoms with Gasteiger partial charge in [-0.25, -0.2) is 4.68 Å². The molecule has 8 nitrogen and oxygen atoms in total. The maximum atomic E-state index is 5.48. The van der Waals surface area contributed by atoms with Gasteiger partial charge in [-0.2, -0.15) is 4.98 Å². The molecule has 3 heterocycles. The summed E-state index contributed by atoms with van der Waals surface area (Å²) in [6, 6.07) is 3.81. The number of aromatic nitrogens is 6. The molecule has 0 saturated carbocycles. The lowest BCUT2D eigenvalue weighted by Gasteiger charge is -1.94. The number of rotatable bonds is 4. The standard InChI is InChI=1S/C12H13N7O/c1-8-2-3-14-10(4-8)12-15-11(20-17-12)7-19-6-9(5-13)16-18-19/h2-4,6H,5,7,13H2,1H3. The zero-order valence-electron chi connectivity index (χ0n) is 10.9. The van der Waals surface area contributed by atoms with Crippen molar-refractivity contribution in [2.24, 2.45) is 5.73 Å². The number of nitrogens with two attached hydrogens (primary N) is 1. The van der Waals surface area contributed by atoms with Gasteiger partial charge in [-0.3, -0.25) is 4.98 Å². The van der Waals surface area contributed by atoms with Gasteiger partial charge < -0.3 is 10.3 Å². The van der Waals surface area contributed by atoms with E-state index in [0.29, 0.717) is 36.2 Å². The van der Waals surface area contributed by atoms with Crippen LogP contribution in [0.1, 0.15) is 17.1 Å². The van der Waals surface area contributed by atoms with E-state index in [-0.39, 0.29) is 0 Å².